The lowest BCUT2D eigenvalue weighted by atomic mass is 10.2. The second kappa shape index (κ2) is 5.16. The van der Waals surface area contributed by atoms with Gasteiger partial charge in [0.25, 0.3) is 0 Å². The first-order chi connectivity index (χ1) is 6.65. The molecular formula is C13H18S. The second-order valence-corrected chi connectivity index (χ2v) is 4.67. The maximum absolute atomic E-state index is 2.21. The Morgan fingerprint density at radius 2 is 2.07 bits per heavy atom. The van der Waals surface area contributed by atoms with Gasteiger partial charge in [-0.15, -0.1) is 11.3 Å². The van der Waals surface area contributed by atoms with Crippen molar-refractivity contribution in [2.45, 2.75) is 34.1 Å². The zero-order valence-electron chi connectivity index (χ0n) is 9.42. The van der Waals surface area contributed by atoms with Crippen LogP contribution in [0.25, 0.3) is 11.6 Å². The third-order valence-corrected chi connectivity index (χ3v) is 3.30. The molecule has 1 heterocycles. The van der Waals surface area contributed by atoms with Gasteiger partial charge >= 0.3 is 0 Å². The molecule has 0 saturated heterocycles. The van der Waals surface area contributed by atoms with E-state index >= 15 is 0 Å². The fourth-order valence-electron chi connectivity index (χ4n) is 1.21. The highest BCUT2D eigenvalue weighted by molar-refractivity contribution is 7.07. The van der Waals surface area contributed by atoms with Crippen LogP contribution in [-0.2, 0) is 0 Å². The van der Waals surface area contributed by atoms with Crippen LogP contribution in [0.3, 0.4) is 0 Å². The molecule has 1 aromatic rings. The van der Waals surface area contributed by atoms with Crippen molar-refractivity contribution < 1.29 is 0 Å². The summed E-state index contributed by atoms with van der Waals surface area (Å²) in [7, 11) is 0. The van der Waals surface area contributed by atoms with Crippen LogP contribution >= 0.6 is 11.3 Å². The van der Waals surface area contributed by atoms with Gasteiger partial charge in [-0.3, -0.25) is 0 Å². The Balaban J connectivity index is 3.32. The van der Waals surface area contributed by atoms with Crippen molar-refractivity contribution in [3.8, 4) is 0 Å². The Labute approximate surface area is 90.3 Å². The van der Waals surface area contributed by atoms with Gasteiger partial charge in [0, 0.05) is 4.53 Å². The smallest absolute Gasteiger partial charge is 0.0331 e. The highest BCUT2D eigenvalue weighted by atomic mass is 32.1. The van der Waals surface area contributed by atoms with E-state index in [2.05, 4.69) is 51.3 Å². The molecule has 14 heavy (non-hydrogen) atoms. The molecule has 0 aliphatic heterocycles. The van der Waals surface area contributed by atoms with Crippen molar-refractivity contribution in [1.82, 2.24) is 0 Å². The molecule has 0 fully saturated rings. The molecule has 0 spiro atoms. The van der Waals surface area contributed by atoms with Crippen molar-refractivity contribution >= 4 is 23.0 Å². The van der Waals surface area contributed by atoms with E-state index in [1.54, 1.807) is 0 Å². The summed E-state index contributed by atoms with van der Waals surface area (Å²) in [6.07, 6.45) is 5.52. The molecule has 0 aromatic carbocycles. The summed E-state index contributed by atoms with van der Waals surface area (Å²) in [4.78, 5) is 0. The molecule has 0 aliphatic carbocycles. The average Bonchev–Trinajstić information content (AvgIpc) is 2.61. The van der Waals surface area contributed by atoms with E-state index in [0.717, 1.165) is 6.42 Å². The van der Waals surface area contributed by atoms with Gasteiger partial charge < -0.3 is 0 Å². The summed E-state index contributed by atoms with van der Waals surface area (Å²) in [5.74, 6) is 0. The number of thiophene rings is 1. The van der Waals surface area contributed by atoms with Crippen molar-refractivity contribution in [1.29, 1.82) is 0 Å². The van der Waals surface area contributed by atoms with Crippen LogP contribution in [0.1, 0.15) is 34.1 Å². The van der Waals surface area contributed by atoms with Crippen molar-refractivity contribution in [2.75, 3.05) is 0 Å². The summed E-state index contributed by atoms with van der Waals surface area (Å²) in [6.45, 7) is 8.67. The number of allylic oxidation sites excluding steroid dienone is 2. The third kappa shape index (κ3) is 2.85. The Bertz CT molecular complexity index is 428. The van der Waals surface area contributed by atoms with Crippen molar-refractivity contribution in [3.63, 3.8) is 0 Å². The maximum Gasteiger partial charge on any atom is 0.0331 e. The average molecular weight is 206 g/mol. The summed E-state index contributed by atoms with van der Waals surface area (Å²) >= 11 is 1.84. The standard InChI is InChI=1S/C13H18S/c1-5-11(4)13-12(8-9-14-13)7-6-10(2)3/h6-9H,5H2,1-4H3/b12-7-,13-11?. The van der Waals surface area contributed by atoms with E-state index in [-0.39, 0.29) is 0 Å². The SMILES string of the molecule is CCC(C)=c1scc/c1=C/C=C(C)C. The molecule has 0 saturated carbocycles. The van der Waals surface area contributed by atoms with E-state index < -0.39 is 0 Å². The predicted octanol–water partition coefficient (Wildman–Crippen LogP) is 3.08. The van der Waals surface area contributed by atoms with Crippen LogP contribution < -0.4 is 9.75 Å². The summed E-state index contributed by atoms with van der Waals surface area (Å²) in [5.41, 5.74) is 2.82. The molecule has 0 aliphatic rings. The monoisotopic (exact) mass is 206 g/mol. The predicted molar refractivity (Wildman–Crippen MR) is 66.8 cm³/mol. The van der Waals surface area contributed by atoms with Gasteiger partial charge in [-0.1, -0.05) is 30.2 Å². The fraction of sp³-hybridized carbons (Fsp3) is 0.385. The van der Waals surface area contributed by atoms with Crippen LogP contribution in [0.5, 0.6) is 0 Å². The van der Waals surface area contributed by atoms with Crippen molar-refractivity contribution in [2.24, 2.45) is 0 Å². The Morgan fingerprint density at radius 1 is 1.36 bits per heavy atom. The Morgan fingerprint density at radius 3 is 2.64 bits per heavy atom. The third-order valence-electron chi connectivity index (χ3n) is 2.21. The van der Waals surface area contributed by atoms with Gasteiger partial charge in [-0.05, 0) is 43.9 Å². The van der Waals surface area contributed by atoms with Gasteiger partial charge in [0.2, 0.25) is 0 Å². The van der Waals surface area contributed by atoms with Crippen LogP contribution in [0.15, 0.2) is 23.1 Å². The number of hydrogen-bond acceptors (Lipinski definition) is 1. The Kier molecular flexibility index (Phi) is 4.15. The lowest BCUT2D eigenvalue weighted by Crippen LogP contribution is -2.19. The van der Waals surface area contributed by atoms with E-state index in [1.165, 1.54) is 20.9 Å². The minimum absolute atomic E-state index is 1.14. The molecule has 1 heteroatoms. The Hall–Kier alpha value is -0.820. The zero-order valence-corrected chi connectivity index (χ0v) is 10.2. The molecule has 0 bridgehead atoms. The van der Waals surface area contributed by atoms with E-state index in [4.69, 9.17) is 0 Å². The zero-order chi connectivity index (χ0) is 10.6. The van der Waals surface area contributed by atoms with Gasteiger partial charge in [0.1, 0.15) is 0 Å². The maximum atomic E-state index is 2.21. The highest BCUT2D eigenvalue weighted by Gasteiger charge is 1.91. The van der Waals surface area contributed by atoms with E-state index in [9.17, 15) is 0 Å². The highest BCUT2D eigenvalue weighted by Crippen LogP contribution is 1.97. The lowest BCUT2D eigenvalue weighted by Gasteiger charge is -1.90. The molecule has 0 nitrogen and oxygen atoms in total. The van der Waals surface area contributed by atoms with Crippen LogP contribution in [0.2, 0.25) is 0 Å². The van der Waals surface area contributed by atoms with Crippen LogP contribution in [0.4, 0.5) is 0 Å². The molecule has 0 amide bonds. The van der Waals surface area contributed by atoms with Gasteiger partial charge in [0.15, 0.2) is 0 Å². The number of rotatable bonds is 2. The summed E-state index contributed by atoms with van der Waals surface area (Å²) in [6, 6.07) is 2.19. The van der Waals surface area contributed by atoms with Crippen LogP contribution in [-0.4, -0.2) is 0 Å². The molecule has 1 rings (SSSR count). The minimum Gasteiger partial charge on any atom is -0.144 e. The molecular weight excluding hydrogens is 188 g/mol. The quantitative estimate of drug-likeness (QED) is 0.697. The second-order valence-electron chi connectivity index (χ2n) is 3.75. The fourth-order valence-corrected chi connectivity index (χ4v) is 2.18. The van der Waals surface area contributed by atoms with E-state index in [1.807, 2.05) is 11.3 Å². The van der Waals surface area contributed by atoms with Crippen LogP contribution in [0, 0.1) is 0 Å². The minimum atomic E-state index is 1.14. The first kappa shape index (κ1) is 11.3. The first-order valence-corrected chi connectivity index (χ1v) is 5.91. The molecule has 0 atom stereocenters. The molecule has 0 N–H and O–H groups in total. The van der Waals surface area contributed by atoms with Gasteiger partial charge in [0.05, 0.1) is 0 Å². The van der Waals surface area contributed by atoms with Gasteiger partial charge in [-0.2, -0.15) is 0 Å². The topological polar surface area (TPSA) is 0 Å². The van der Waals surface area contributed by atoms with E-state index in [0.29, 0.717) is 0 Å². The lowest BCUT2D eigenvalue weighted by molar-refractivity contribution is 1.21. The van der Waals surface area contributed by atoms with Gasteiger partial charge in [-0.25, -0.2) is 0 Å². The molecule has 76 valence electrons. The summed E-state index contributed by atoms with van der Waals surface area (Å²) in [5, 5.41) is 3.52. The normalized spacial score (nSPS) is 14.1. The molecule has 1 aromatic heterocycles. The summed E-state index contributed by atoms with van der Waals surface area (Å²) < 4.78 is 1.44. The largest absolute Gasteiger partial charge is 0.144 e. The molecule has 0 radical (unpaired) electrons. The number of hydrogen-bond donors (Lipinski definition) is 0. The van der Waals surface area contributed by atoms with Crippen molar-refractivity contribution in [3.05, 3.63) is 32.8 Å². The molecule has 0 unspecified atom stereocenters. The first-order valence-electron chi connectivity index (χ1n) is 5.03.